The van der Waals surface area contributed by atoms with Crippen molar-refractivity contribution in [2.24, 2.45) is 7.05 Å². The zero-order valence-corrected chi connectivity index (χ0v) is 15.8. The fraction of sp³-hybridized carbons (Fsp3) is 0.167. The van der Waals surface area contributed by atoms with Crippen molar-refractivity contribution in [3.63, 3.8) is 0 Å². The molecule has 3 N–H and O–H groups in total. The molecule has 0 aliphatic heterocycles. The van der Waals surface area contributed by atoms with Crippen LogP contribution in [-0.4, -0.2) is 27.8 Å². The molecule has 0 saturated heterocycles. The molecule has 0 aliphatic rings. The van der Waals surface area contributed by atoms with Crippen LogP contribution in [0.2, 0.25) is 0 Å². The molecule has 164 valence electrons. The summed E-state index contributed by atoms with van der Waals surface area (Å²) in [5.41, 5.74) is 3.89. The summed E-state index contributed by atoms with van der Waals surface area (Å²) in [7, 11) is 2.17. The van der Waals surface area contributed by atoms with Gasteiger partial charge in [-0.25, -0.2) is 13.8 Å². The predicted octanol–water partition coefficient (Wildman–Crippen LogP) is 3.76. The van der Waals surface area contributed by atoms with Gasteiger partial charge in [0.25, 0.3) is 5.91 Å². The van der Waals surface area contributed by atoms with Crippen LogP contribution in [0.5, 0.6) is 5.75 Å². The Morgan fingerprint density at radius 3 is 2.39 bits per heavy atom. The maximum absolute atomic E-state index is 14.2. The summed E-state index contributed by atoms with van der Waals surface area (Å²) in [4.78, 5) is 16.1. The fourth-order valence-electron chi connectivity index (χ4n) is 2.73. The first kappa shape index (κ1) is 21.9. The van der Waals surface area contributed by atoms with Crippen LogP contribution in [0.4, 0.5) is 38.0 Å². The molecule has 0 bridgehead atoms. The Labute approximate surface area is 170 Å². The molecule has 0 fully saturated rings. The van der Waals surface area contributed by atoms with E-state index >= 15 is 0 Å². The highest BCUT2D eigenvalue weighted by molar-refractivity contribution is 6.04. The highest BCUT2D eigenvalue weighted by Crippen LogP contribution is 2.33. The zero-order valence-electron chi connectivity index (χ0n) is 15.8. The number of halogens is 6. The number of benzene rings is 1. The van der Waals surface area contributed by atoms with Crippen LogP contribution >= 0.6 is 0 Å². The number of anilines is 2. The van der Waals surface area contributed by atoms with Gasteiger partial charge in [0.1, 0.15) is 11.6 Å². The number of aryl methyl sites for hydroxylation is 1. The topological polar surface area (TPSA) is 95.1 Å². The van der Waals surface area contributed by atoms with Crippen LogP contribution in [-0.2, 0) is 13.2 Å². The molecule has 13 heteroatoms. The van der Waals surface area contributed by atoms with Gasteiger partial charge in [0.15, 0.2) is 23.1 Å². The third kappa shape index (κ3) is 4.11. The van der Waals surface area contributed by atoms with Gasteiger partial charge in [-0.15, -0.1) is 0 Å². The summed E-state index contributed by atoms with van der Waals surface area (Å²) < 4.78 is 85.3. The van der Waals surface area contributed by atoms with E-state index in [0.717, 1.165) is 17.9 Å². The molecule has 0 atom stereocenters. The Morgan fingerprint density at radius 2 is 1.84 bits per heavy atom. The van der Waals surface area contributed by atoms with Gasteiger partial charge in [0.2, 0.25) is 5.82 Å². The van der Waals surface area contributed by atoms with Crippen LogP contribution in [0.15, 0.2) is 24.3 Å². The van der Waals surface area contributed by atoms with Crippen LogP contribution in [0.3, 0.4) is 0 Å². The predicted molar refractivity (Wildman–Crippen MR) is 96.7 cm³/mol. The van der Waals surface area contributed by atoms with Crippen molar-refractivity contribution >= 4 is 17.5 Å². The highest BCUT2D eigenvalue weighted by Gasteiger charge is 2.35. The minimum Gasteiger partial charge on any atom is -0.491 e. The van der Waals surface area contributed by atoms with E-state index in [1.165, 1.54) is 19.2 Å². The van der Waals surface area contributed by atoms with Crippen LogP contribution in [0.1, 0.15) is 16.1 Å². The SMILES string of the molecule is COc1c(F)c(F)cc(C(=O)Nc2ccc(-c3cc(C(F)(F)F)nn3C)c(N)n2)c1F. The van der Waals surface area contributed by atoms with Crippen molar-refractivity contribution in [2.45, 2.75) is 6.18 Å². The Balaban J connectivity index is 1.91. The minimum absolute atomic E-state index is 0.00610. The maximum atomic E-state index is 14.2. The molecule has 7 nitrogen and oxygen atoms in total. The number of pyridine rings is 1. The molecule has 31 heavy (non-hydrogen) atoms. The summed E-state index contributed by atoms with van der Waals surface area (Å²) in [6, 6.07) is 3.55. The van der Waals surface area contributed by atoms with E-state index in [1.54, 1.807) is 0 Å². The Kier molecular flexibility index (Phi) is 5.53. The van der Waals surface area contributed by atoms with Crippen LogP contribution in [0.25, 0.3) is 11.3 Å². The first-order valence-corrected chi connectivity index (χ1v) is 8.35. The molecule has 3 rings (SSSR count). The second-order valence-corrected chi connectivity index (χ2v) is 6.19. The Hall–Kier alpha value is -3.77. The fourth-order valence-corrected chi connectivity index (χ4v) is 2.73. The van der Waals surface area contributed by atoms with Crippen molar-refractivity contribution in [3.05, 3.63) is 53.0 Å². The van der Waals surface area contributed by atoms with E-state index in [9.17, 15) is 31.1 Å². The standard InChI is InChI=1S/C18H13F6N5O2/c1-29-10(6-11(28-29)18(22,23)24)7-3-4-12(26-16(7)25)27-17(30)8-5-9(19)14(21)15(31-2)13(8)20/h3-6H,1-2H3,(H3,25,26,27,30). The largest absolute Gasteiger partial charge is 0.491 e. The molecule has 0 spiro atoms. The van der Waals surface area contributed by atoms with Gasteiger partial charge in [-0.2, -0.15) is 22.7 Å². The number of carbonyl (C=O) groups excluding carboxylic acids is 1. The number of alkyl halides is 3. The average Bonchev–Trinajstić information content (AvgIpc) is 3.07. The van der Waals surface area contributed by atoms with Crippen molar-refractivity contribution in [1.29, 1.82) is 0 Å². The number of nitrogens with zero attached hydrogens (tertiary/aromatic N) is 3. The number of nitrogens with two attached hydrogens (primary N) is 1. The van der Waals surface area contributed by atoms with Crippen molar-refractivity contribution in [1.82, 2.24) is 14.8 Å². The van der Waals surface area contributed by atoms with Crippen LogP contribution in [0, 0.1) is 17.5 Å². The highest BCUT2D eigenvalue weighted by atomic mass is 19.4. The van der Waals surface area contributed by atoms with Gasteiger partial charge in [-0.1, -0.05) is 0 Å². The number of hydrogen-bond acceptors (Lipinski definition) is 5. The Morgan fingerprint density at radius 1 is 1.16 bits per heavy atom. The molecular weight excluding hydrogens is 432 g/mol. The first-order chi connectivity index (χ1) is 14.4. The van der Waals surface area contributed by atoms with Crippen molar-refractivity contribution in [2.75, 3.05) is 18.2 Å². The number of methoxy groups -OCH3 is 1. The molecule has 2 heterocycles. The number of nitrogens with one attached hydrogen (secondary N) is 1. The van der Waals surface area contributed by atoms with E-state index in [0.29, 0.717) is 6.07 Å². The number of amides is 1. The van der Waals surface area contributed by atoms with Gasteiger partial charge in [0.05, 0.1) is 18.4 Å². The lowest BCUT2D eigenvalue weighted by Gasteiger charge is -2.11. The number of nitrogen functional groups attached to an aromatic ring is 1. The molecule has 3 aromatic rings. The van der Waals surface area contributed by atoms with Gasteiger partial charge >= 0.3 is 6.18 Å². The minimum atomic E-state index is -4.67. The number of hydrogen-bond donors (Lipinski definition) is 2. The van der Waals surface area contributed by atoms with E-state index < -0.39 is 46.5 Å². The van der Waals surface area contributed by atoms with E-state index in [-0.39, 0.29) is 22.9 Å². The molecule has 1 amide bonds. The average molecular weight is 445 g/mol. The lowest BCUT2D eigenvalue weighted by molar-refractivity contribution is -0.141. The van der Waals surface area contributed by atoms with E-state index in [4.69, 9.17) is 5.73 Å². The molecule has 0 saturated carbocycles. The molecule has 0 radical (unpaired) electrons. The number of rotatable bonds is 4. The second kappa shape index (κ2) is 7.81. The van der Waals surface area contributed by atoms with Gasteiger partial charge in [-0.3, -0.25) is 9.48 Å². The van der Waals surface area contributed by atoms with Gasteiger partial charge < -0.3 is 15.8 Å². The zero-order chi connectivity index (χ0) is 23.1. The maximum Gasteiger partial charge on any atom is 0.435 e. The van der Waals surface area contributed by atoms with E-state index in [2.05, 4.69) is 20.1 Å². The number of ether oxygens (including phenoxy) is 1. The number of aromatic nitrogens is 3. The third-order valence-electron chi connectivity index (χ3n) is 4.18. The van der Waals surface area contributed by atoms with Crippen LogP contribution < -0.4 is 15.8 Å². The van der Waals surface area contributed by atoms with Crippen molar-refractivity contribution < 1.29 is 35.9 Å². The first-order valence-electron chi connectivity index (χ1n) is 8.35. The summed E-state index contributed by atoms with van der Waals surface area (Å²) in [5.74, 6) is -7.29. The quantitative estimate of drug-likeness (QED) is 0.471. The lowest BCUT2D eigenvalue weighted by Crippen LogP contribution is -2.17. The van der Waals surface area contributed by atoms with Gasteiger partial charge in [-0.05, 0) is 24.3 Å². The monoisotopic (exact) mass is 445 g/mol. The molecule has 0 unspecified atom stereocenters. The third-order valence-corrected chi connectivity index (χ3v) is 4.18. The molecule has 0 aliphatic carbocycles. The normalized spacial score (nSPS) is 11.5. The van der Waals surface area contributed by atoms with E-state index in [1.807, 2.05) is 0 Å². The molecule has 2 aromatic heterocycles. The molecular formula is C18H13F6N5O2. The summed E-state index contributed by atoms with van der Waals surface area (Å²) >= 11 is 0. The second-order valence-electron chi connectivity index (χ2n) is 6.19. The van der Waals surface area contributed by atoms with Gasteiger partial charge in [0, 0.05) is 12.6 Å². The number of carbonyl (C=O) groups is 1. The summed E-state index contributed by atoms with van der Waals surface area (Å²) in [6.45, 7) is 0. The lowest BCUT2D eigenvalue weighted by atomic mass is 10.1. The van der Waals surface area contributed by atoms with Crippen molar-refractivity contribution in [3.8, 4) is 17.0 Å². The summed E-state index contributed by atoms with van der Waals surface area (Å²) in [5, 5.41) is 5.51. The Bertz CT molecular complexity index is 1180. The smallest absolute Gasteiger partial charge is 0.435 e. The molecule has 1 aromatic carbocycles. The summed E-state index contributed by atoms with van der Waals surface area (Å²) in [6.07, 6.45) is -4.67.